The number of carbonyl (C=O) groups is 1. The zero-order valence-corrected chi connectivity index (χ0v) is 13.5. The fourth-order valence-electron chi connectivity index (χ4n) is 1.93. The molecule has 0 aromatic heterocycles. The van der Waals surface area contributed by atoms with E-state index in [2.05, 4.69) is 10.3 Å². The monoisotopic (exact) mass is 322 g/mol. The quantitative estimate of drug-likeness (QED) is 0.839. The lowest BCUT2D eigenvalue weighted by atomic mass is 10.1. The summed E-state index contributed by atoms with van der Waals surface area (Å²) in [6.07, 6.45) is 3.13. The molecule has 0 bridgehead atoms. The van der Waals surface area contributed by atoms with Gasteiger partial charge in [0.15, 0.2) is 16.7 Å². The average molecular weight is 322 g/mol. The second-order valence-corrected chi connectivity index (χ2v) is 5.40. The fraction of sp³-hybridized carbons (Fsp3) is 0.333. The summed E-state index contributed by atoms with van der Waals surface area (Å²) >= 11 is 1.54. The van der Waals surface area contributed by atoms with Crippen LogP contribution in [0.15, 0.2) is 23.2 Å². The van der Waals surface area contributed by atoms with Crippen LogP contribution in [0, 0.1) is 0 Å². The Labute approximate surface area is 133 Å². The number of aliphatic imine (C=N–C) groups is 1. The summed E-state index contributed by atoms with van der Waals surface area (Å²) in [7, 11) is 4.64. The smallest absolute Gasteiger partial charge is 0.249 e. The van der Waals surface area contributed by atoms with Crippen molar-refractivity contribution in [2.45, 2.75) is 0 Å². The van der Waals surface area contributed by atoms with E-state index >= 15 is 0 Å². The molecule has 118 valence electrons. The molecular formula is C15H18N2O4S. The zero-order valence-electron chi connectivity index (χ0n) is 12.7. The SMILES string of the molecule is COc1cc(C=CC(=O)NC2=NCCS2)cc(OC)c1OC. The Balaban J connectivity index is 2.14. The van der Waals surface area contributed by atoms with E-state index in [1.54, 1.807) is 39.5 Å². The maximum atomic E-state index is 11.8. The van der Waals surface area contributed by atoms with Crippen LogP contribution in [-0.4, -0.2) is 44.7 Å². The number of hydrogen-bond acceptors (Lipinski definition) is 6. The van der Waals surface area contributed by atoms with Crippen molar-refractivity contribution in [2.75, 3.05) is 33.6 Å². The highest BCUT2D eigenvalue weighted by Crippen LogP contribution is 2.38. The van der Waals surface area contributed by atoms with E-state index in [1.165, 1.54) is 17.8 Å². The Bertz CT molecular complexity index is 589. The van der Waals surface area contributed by atoms with Gasteiger partial charge < -0.3 is 19.5 Å². The Hall–Kier alpha value is -2.15. The van der Waals surface area contributed by atoms with Crippen LogP contribution >= 0.6 is 11.8 Å². The standard InChI is InChI=1S/C15H18N2O4S/c1-19-11-8-10(9-12(20-2)14(11)21-3)4-5-13(18)17-15-16-6-7-22-15/h4-5,8-9H,6-7H2,1-3H3,(H,16,17,18). The predicted octanol–water partition coefficient (Wildman–Crippen LogP) is 1.94. The average Bonchev–Trinajstić information content (AvgIpc) is 3.04. The number of methoxy groups -OCH3 is 3. The summed E-state index contributed by atoms with van der Waals surface area (Å²) in [6.45, 7) is 0.747. The molecule has 0 saturated carbocycles. The largest absolute Gasteiger partial charge is 0.493 e. The minimum atomic E-state index is -0.220. The van der Waals surface area contributed by atoms with E-state index in [-0.39, 0.29) is 5.91 Å². The molecule has 22 heavy (non-hydrogen) atoms. The summed E-state index contributed by atoms with van der Waals surface area (Å²) in [4.78, 5) is 16.0. The van der Waals surface area contributed by atoms with E-state index in [9.17, 15) is 4.79 Å². The molecule has 1 N–H and O–H groups in total. The number of carbonyl (C=O) groups excluding carboxylic acids is 1. The molecule has 0 saturated heterocycles. The molecule has 1 heterocycles. The first-order valence-electron chi connectivity index (χ1n) is 6.64. The Morgan fingerprint density at radius 3 is 2.41 bits per heavy atom. The van der Waals surface area contributed by atoms with Crippen molar-refractivity contribution >= 4 is 28.9 Å². The second-order valence-electron chi connectivity index (χ2n) is 4.32. The van der Waals surface area contributed by atoms with Gasteiger partial charge in [-0.25, -0.2) is 0 Å². The number of nitrogens with zero attached hydrogens (tertiary/aromatic N) is 1. The highest BCUT2D eigenvalue weighted by Gasteiger charge is 2.12. The molecule has 1 amide bonds. The molecule has 6 nitrogen and oxygen atoms in total. The first-order valence-corrected chi connectivity index (χ1v) is 7.62. The maximum Gasteiger partial charge on any atom is 0.249 e. The van der Waals surface area contributed by atoms with E-state index < -0.39 is 0 Å². The van der Waals surface area contributed by atoms with Crippen molar-refractivity contribution in [3.8, 4) is 17.2 Å². The first-order chi connectivity index (χ1) is 10.7. The van der Waals surface area contributed by atoms with Crippen LogP contribution < -0.4 is 19.5 Å². The van der Waals surface area contributed by atoms with Gasteiger partial charge in [-0.05, 0) is 23.8 Å². The van der Waals surface area contributed by atoms with Gasteiger partial charge in [-0.2, -0.15) is 0 Å². The zero-order chi connectivity index (χ0) is 15.9. The number of amides is 1. The van der Waals surface area contributed by atoms with Gasteiger partial charge in [0.25, 0.3) is 0 Å². The van der Waals surface area contributed by atoms with Crippen LogP contribution in [0.2, 0.25) is 0 Å². The Kier molecular flexibility index (Phi) is 5.71. The summed E-state index contributed by atoms with van der Waals surface area (Å²) in [5.41, 5.74) is 0.769. The van der Waals surface area contributed by atoms with Gasteiger partial charge >= 0.3 is 0 Å². The topological polar surface area (TPSA) is 69.2 Å². The minimum Gasteiger partial charge on any atom is -0.493 e. The normalized spacial score (nSPS) is 13.9. The number of amidine groups is 1. The molecule has 0 spiro atoms. The van der Waals surface area contributed by atoms with Crippen LogP contribution in [-0.2, 0) is 4.79 Å². The number of nitrogens with one attached hydrogen (secondary N) is 1. The molecule has 0 aliphatic carbocycles. The lowest BCUT2D eigenvalue weighted by molar-refractivity contribution is -0.115. The van der Waals surface area contributed by atoms with Gasteiger partial charge in [0, 0.05) is 11.8 Å². The summed E-state index contributed by atoms with van der Waals surface area (Å²) < 4.78 is 15.8. The number of rotatable bonds is 5. The molecule has 7 heteroatoms. The molecule has 1 aliphatic rings. The molecule has 0 unspecified atom stereocenters. The van der Waals surface area contributed by atoms with Crippen LogP contribution in [0.5, 0.6) is 17.2 Å². The minimum absolute atomic E-state index is 0.220. The molecular weight excluding hydrogens is 304 g/mol. The number of thioether (sulfide) groups is 1. The van der Waals surface area contributed by atoms with Crippen LogP contribution in [0.25, 0.3) is 6.08 Å². The third-order valence-electron chi connectivity index (χ3n) is 2.93. The molecule has 0 fully saturated rings. The van der Waals surface area contributed by atoms with E-state index in [0.717, 1.165) is 17.9 Å². The van der Waals surface area contributed by atoms with Crippen molar-refractivity contribution in [3.05, 3.63) is 23.8 Å². The molecule has 0 radical (unpaired) electrons. The third-order valence-corrected chi connectivity index (χ3v) is 3.82. The lowest BCUT2D eigenvalue weighted by Crippen LogP contribution is -2.25. The van der Waals surface area contributed by atoms with Crippen molar-refractivity contribution in [3.63, 3.8) is 0 Å². The fourth-order valence-corrected chi connectivity index (χ4v) is 2.66. The van der Waals surface area contributed by atoms with E-state index in [4.69, 9.17) is 14.2 Å². The van der Waals surface area contributed by atoms with Gasteiger partial charge in [0.05, 0.1) is 27.9 Å². The van der Waals surface area contributed by atoms with Gasteiger partial charge in [0.1, 0.15) is 0 Å². The maximum absolute atomic E-state index is 11.8. The summed E-state index contributed by atoms with van der Waals surface area (Å²) in [5.74, 6) is 2.28. The van der Waals surface area contributed by atoms with Gasteiger partial charge in [-0.1, -0.05) is 11.8 Å². The summed E-state index contributed by atoms with van der Waals surface area (Å²) in [6, 6.07) is 3.54. The Morgan fingerprint density at radius 1 is 1.23 bits per heavy atom. The van der Waals surface area contributed by atoms with Gasteiger partial charge in [-0.3, -0.25) is 9.79 Å². The van der Waals surface area contributed by atoms with E-state index in [1.807, 2.05) is 0 Å². The van der Waals surface area contributed by atoms with Crippen molar-refractivity contribution in [1.29, 1.82) is 0 Å². The number of hydrogen-bond donors (Lipinski definition) is 1. The first kappa shape index (κ1) is 16.2. The van der Waals surface area contributed by atoms with Gasteiger partial charge in [0.2, 0.25) is 11.7 Å². The molecule has 0 atom stereocenters. The number of ether oxygens (including phenoxy) is 3. The Morgan fingerprint density at radius 2 is 1.91 bits per heavy atom. The van der Waals surface area contributed by atoms with Gasteiger partial charge in [-0.15, -0.1) is 0 Å². The highest BCUT2D eigenvalue weighted by atomic mass is 32.2. The lowest BCUT2D eigenvalue weighted by Gasteiger charge is -2.12. The van der Waals surface area contributed by atoms with Crippen LogP contribution in [0.4, 0.5) is 0 Å². The molecule has 1 aromatic carbocycles. The predicted molar refractivity (Wildman–Crippen MR) is 88.0 cm³/mol. The molecule has 1 aliphatic heterocycles. The third kappa shape index (κ3) is 3.94. The van der Waals surface area contributed by atoms with Crippen molar-refractivity contribution in [2.24, 2.45) is 4.99 Å². The molecule has 2 rings (SSSR count). The number of benzene rings is 1. The molecule has 1 aromatic rings. The van der Waals surface area contributed by atoms with E-state index in [0.29, 0.717) is 22.4 Å². The van der Waals surface area contributed by atoms with Crippen molar-refractivity contribution in [1.82, 2.24) is 5.32 Å². The van der Waals surface area contributed by atoms with Crippen molar-refractivity contribution < 1.29 is 19.0 Å². The van der Waals surface area contributed by atoms with Crippen LogP contribution in [0.1, 0.15) is 5.56 Å². The highest BCUT2D eigenvalue weighted by molar-refractivity contribution is 8.14. The summed E-state index contributed by atoms with van der Waals surface area (Å²) in [5, 5.41) is 3.40. The van der Waals surface area contributed by atoms with Crippen LogP contribution in [0.3, 0.4) is 0 Å². The second kappa shape index (κ2) is 7.74.